The van der Waals surface area contributed by atoms with Crippen LogP contribution in [-0.4, -0.2) is 31.3 Å². The summed E-state index contributed by atoms with van der Waals surface area (Å²) in [6, 6.07) is 4.93. The van der Waals surface area contributed by atoms with Gasteiger partial charge in [-0.15, -0.1) is 0 Å². The first-order valence-electron chi connectivity index (χ1n) is 6.60. The first-order chi connectivity index (χ1) is 10.4. The summed E-state index contributed by atoms with van der Waals surface area (Å²) in [5, 5.41) is 3.83. The SMILES string of the molecule is CCc1ccc(NS(=O)(=O)c2cnn(C)c2)c(C(=O)OC)c1. The zero-order chi connectivity index (χ0) is 16.3. The molecule has 0 radical (unpaired) electrons. The lowest BCUT2D eigenvalue weighted by molar-refractivity contribution is 0.0602. The minimum Gasteiger partial charge on any atom is -0.465 e. The third kappa shape index (κ3) is 3.28. The molecule has 22 heavy (non-hydrogen) atoms. The average Bonchev–Trinajstić information content (AvgIpc) is 2.94. The van der Waals surface area contributed by atoms with Crippen molar-refractivity contribution >= 4 is 21.7 Å². The topological polar surface area (TPSA) is 90.3 Å². The van der Waals surface area contributed by atoms with Crippen molar-refractivity contribution in [2.45, 2.75) is 18.2 Å². The highest BCUT2D eigenvalue weighted by atomic mass is 32.2. The van der Waals surface area contributed by atoms with E-state index in [1.807, 2.05) is 6.92 Å². The molecule has 1 aromatic carbocycles. The molecule has 0 atom stereocenters. The van der Waals surface area contributed by atoms with Crippen molar-refractivity contribution in [3.63, 3.8) is 0 Å². The van der Waals surface area contributed by atoms with Crippen LogP contribution in [0.4, 0.5) is 5.69 Å². The molecule has 8 heteroatoms. The Hall–Kier alpha value is -2.35. The Morgan fingerprint density at radius 1 is 1.41 bits per heavy atom. The lowest BCUT2D eigenvalue weighted by Gasteiger charge is -2.11. The van der Waals surface area contributed by atoms with E-state index >= 15 is 0 Å². The van der Waals surface area contributed by atoms with Crippen molar-refractivity contribution in [1.29, 1.82) is 0 Å². The molecule has 2 rings (SSSR count). The van der Waals surface area contributed by atoms with Crippen LogP contribution in [0.3, 0.4) is 0 Å². The smallest absolute Gasteiger partial charge is 0.340 e. The first kappa shape index (κ1) is 16.0. The highest BCUT2D eigenvalue weighted by molar-refractivity contribution is 7.92. The summed E-state index contributed by atoms with van der Waals surface area (Å²) < 4.78 is 33.1. The molecule has 0 unspecified atom stereocenters. The average molecular weight is 323 g/mol. The first-order valence-corrected chi connectivity index (χ1v) is 8.08. The van der Waals surface area contributed by atoms with Gasteiger partial charge in [0.1, 0.15) is 4.90 Å². The molecule has 0 saturated carbocycles. The summed E-state index contributed by atoms with van der Waals surface area (Å²) in [7, 11) is -0.947. The fraction of sp³-hybridized carbons (Fsp3) is 0.286. The van der Waals surface area contributed by atoms with E-state index in [4.69, 9.17) is 4.74 Å². The number of methoxy groups -OCH3 is 1. The standard InChI is InChI=1S/C14H17N3O4S/c1-4-10-5-6-13(12(7-10)14(18)21-3)16-22(19,20)11-8-15-17(2)9-11/h5-9,16H,4H2,1-3H3. The fourth-order valence-electron chi connectivity index (χ4n) is 1.92. The van der Waals surface area contributed by atoms with Crippen LogP contribution in [0.25, 0.3) is 0 Å². The number of hydrogen-bond acceptors (Lipinski definition) is 5. The van der Waals surface area contributed by atoms with Gasteiger partial charge in [-0.05, 0) is 24.1 Å². The maximum absolute atomic E-state index is 12.3. The molecular weight excluding hydrogens is 306 g/mol. The molecule has 0 aliphatic carbocycles. The van der Waals surface area contributed by atoms with E-state index in [2.05, 4.69) is 9.82 Å². The summed E-state index contributed by atoms with van der Waals surface area (Å²) in [6.07, 6.45) is 3.33. The van der Waals surface area contributed by atoms with Crippen LogP contribution >= 0.6 is 0 Å². The molecule has 0 spiro atoms. The van der Waals surface area contributed by atoms with Crippen LogP contribution in [0.15, 0.2) is 35.5 Å². The second-order valence-electron chi connectivity index (χ2n) is 4.68. The number of anilines is 1. The molecule has 1 N–H and O–H groups in total. The number of ether oxygens (including phenoxy) is 1. The van der Waals surface area contributed by atoms with Gasteiger partial charge in [0.25, 0.3) is 10.0 Å². The minimum atomic E-state index is -3.82. The number of aryl methyl sites for hydroxylation is 2. The highest BCUT2D eigenvalue weighted by Gasteiger charge is 2.20. The summed E-state index contributed by atoms with van der Waals surface area (Å²) in [6.45, 7) is 1.94. The minimum absolute atomic E-state index is 0.0189. The summed E-state index contributed by atoms with van der Waals surface area (Å²) in [5.41, 5.74) is 1.26. The molecule has 0 bridgehead atoms. The molecule has 118 valence electrons. The Labute approximate surface area is 129 Å². The lowest BCUT2D eigenvalue weighted by Crippen LogP contribution is -2.16. The number of rotatable bonds is 5. The molecule has 0 saturated heterocycles. The van der Waals surface area contributed by atoms with Crippen molar-refractivity contribution < 1.29 is 17.9 Å². The Bertz CT molecular complexity index is 796. The number of nitrogens with zero attached hydrogens (tertiary/aromatic N) is 2. The Morgan fingerprint density at radius 2 is 2.14 bits per heavy atom. The van der Waals surface area contributed by atoms with Crippen LogP contribution in [0.1, 0.15) is 22.8 Å². The third-order valence-corrected chi connectivity index (χ3v) is 4.45. The fourth-order valence-corrected chi connectivity index (χ4v) is 2.98. The summed E-state index contributed by atoms with van der Waals surface area (Å²) in [4.78, 5) is 11.9. The third-order valence-electron chi connectivity index (χ3n) is 3.13. The predicted molar refractivity (Wildman–Crippen MR) is 81.2 cm³/mol. The van der Waals surface area contributed by atoms with Gasteiger partial charge < -0.3 is 4.74 Å². The molecule has 1 heterocycles. The van der Waals surface area contributed by atoms with Crippen molar-refractivity contribution in [3.8, 4) is 0 Å². The second kappa shape index (κ2) is 6.18. The van der Waals surface area contributed by atoms with Crippen LogP contribution in [-0.2, 0) is 28.2 Å². The van der Waals surface area contributed by atoms with Crippen molar-refractivity contribution in [3.05, 3.63) is 41.7 Å². The lowest BCUT2D eigenvalue weighted by atomic mass is 10.1. The van der Waals surface area contributed by atoms with Gasteiger partial charge in [0.2, 0.25) is 0 Å². The van der Waals surface area contributed by atoms with E-state index in [1.165, 1.54) is 24.2 Å². The van der Waals surface area contributed by atoms with Gasteiger partial charge in [0.15, 0.2) is 0 Å². The highest BCUT2D eigenvalue weighted by Crippen LogP contribution is 2.22. The van der Waals surface area contributed by atoms with Crippen LogP contribution in [0.2, 0.25) is 0 Å². The quantitative estimate of drug-likeness (QED) is 0.844. The molecule has 0 aliphatic rings. The van der Waals surface area contributed by atoms with Gasteiger partial charge in [-0.1, -0.05) is 13.0 Å². The van der Waals surface area contributed by atoms with Gasteiger partial charge in [-0.25, -0.2) is 13.2 Å². The van der Waals surface area contributed by atoms with Gasteiger partial charge in [0, 0.05) is 13.2 Å². The largest absolute Gasteiger partial charge is 0.465 e. The van der Waals surface area contributed by atoms with E-state index in [9.17, 15) is 13.2 Å². The molecule has 2 aromatic rings. The number of carbonyl (C=O) groups is 1. The number of carbonyl (C=O) groups excluding carboxylic acids is 1. The number of hydrogen-bond donors (Lipinski definition) is 1. The Kier molecular flexibility index (Phi) is 4.51. The number of benzene rings is 1. The van der Waals surface area contributed by atoms with Gasteiger partial charge in [-0.2, -0.15) is 5.10 Å². The normalized spacial score (nSPS) is 11.2. The van der Waals surface area contributed by atoms with Crippen molar-refractivity contribution in [1.82, 2.24) is 9.78 Å². The molecule has 0 aliphatic heterocycles. The van der Waals surface area contributed by atoms with Crippen LogP contribution in [0.5, 0.6) is 0 Å². The Morgan fingerprint density at radius 3 is 2.68 bits per heavy atom. The molecule has 0 amide bonds. The van der Waals surface area contributed by atoms with E-state index in [0.717, 1.165) is 12.0 Å². The molecule has 0 fully saturated rings. The van der Waals surface area contributed by atoms with Gasteiger partial charge in [-0.3, -0.25) is 9.40 Å². The van der Waals surface area contributed by atoms with Crippen molar-refractivity contribution in [2.24, 2.45) is 7.05 Å². The Balaban J connectivity index is 2.42. The van der Waals surface area contributed by atoms with Gasteiger partial charge in [0.05, 0.1) is 24.6 Å². The van der Waals surface area contributed by atoms with E-state index in [0.29, 0.717) is 0 Å². The molecule has 1 aromatic heterocycles. The molecule has 7 nitrogen and oxygen atoms in total. The zero-order valence-corrected chi connectivity index (χ0v) is 13.3. The number of nitrogens with one attached hydrogen (secondary N) is 1. The summed E-state index contributed by atoms with van der Waals surface area (Å²) in [5.74, 6) is -0.598. The molecular formula is C14H17N3O4S. The number of esters is 1. The number of sulfonamides is 1. The monoisotopic (exact) mass is 323 g/mol. The zero-order valence-electron chi connectivity index (χ0n) is 12.5. The number of aromatic nitrogens is 2. The maximum atomic E-state index is 12.3. The van der Waals surface area contributed by atoms with Gasteiger partial charge >= 0.3 is 5.97 Å². The van der Waals surface area contributed by atoms with Crippen LogP contribution in [0, 0.1) is 0 Å². The van der Waals surface area contributed by atoms with E-state index < -0.39 is 16.0 Å². The van der Waals surface area contributed by atoms with Crippen molar-refractivity contribution in [2.75, 3.05) is 11.8 Å². The summed E-state index contributed by atoms with van der Waals surface area (Å²) >= 11 is 0. The predicted octanol–water partition coefficient (Wildman–Crippen LogP) is 1.57. The van der Waals surface area contributed by atoms with E-state index in [-0.39, 0.29) is 16.1 Å². The maximum Gasteiger partial charge on any atom is 0.340 e. The van der Waals surface area contributed by atoms with E-state index in [1.54, 1.807) is 25.2 Å². The van der Waals surface area contributed by atoms with Crippen LogP contribution < -0.4 is 4.72 Å². The second-order valence-corrected chi connectivity index (χ2v) is 6.36.